The van der Waals surface area contributed by atoms with Crippen molar-refractivity contribution in [2.24, 2.45) is 0 Å². The number of likely N-dealkylation sites (tertiary alicyclic amines) is 1. The molecule has 0 bridgehead atoms. The molecule has 28 heavy (non-hydrogen) atoms. The zero-order valence-electron chi connectivity index (χ0n) is 15.7. The lowest BCUT2D eigenvalue weighted by atomic mass is 10.0. The molecule has 4 rings (SSSR count). The molecule has 5 heteroatoms. The lowest BCUT2D eigenvalue weighted by molar-refractivity contribution is -0.142. The maximum atomic E-state index is 11.8. The predicted molar refractivity (Wildman–Crippen MR) is 111 cm³/mol. The maximum Gasteiger partial charge on any atom is 0.320 e. The molecule has 1 aromatic heterocycles. The number of carboxylic acid groups (broad SMARTS) is 1. The number of nitrogens with zero attached hydrogens (tertiary/aromatic N) is 1. The molecule has 2 atom stereocenters. The van der Waals surface area contributed by atoms with Gasteiger partial charge in [-0.3, -0.25) is 9.69 Å². The first kappa shape index (κ1) is 18.7. The summed E-state index contributed by atoms with van der Waals surface area (Å²) in [5, 5.41) is 9.72. The molecule has 4 nitrogen and oxygen atoms in total. The smallest absolute Gasteiger partial charge is 0.320 e. The lowest BCUT2D eigenvalue weighted by Crippen LogP contribution is -2.39. The average molecular weight is 394 g/mol. The largest absolute Gasteiger partial charge is 0.480 e. The molecule has 1 aliphatic heterocycles. The molecule has 2 unspecified atom stereocenters. The Morgan fingerprint density at radius 1 is 1.11 bits per heavy atom. The number of ether oxygens (including phenoxy) is 1. The summed E-state index contributed by atoms with van der Waals surface area (Å²) in [4.78, 5) is 16.3. The highest BCUT2D eigenvalue weighted by molar-refractivity contribution is 7.12. The van der Waals surface area contributed by atoms with Crippen LogP contribution in [0.1, 0.15) is 34.2 Å². The van der Waals surface area contributed by atoms with Crippen molar-refractivity contribution in [3.8, 4) is 11.5 Å². The molecular weight excluding hydrogens is 370 g/mol. The van der Waals surface area contributed by atoms with Crippen LogP contribution in [-0.4, -0.2) is 28.6 Å². The van der Waals surface area contributed by atoms with Crippen LogP contribution in [0.4, 0.5) is 0 Å². The van der Waals surface area contributed by atoms with E-state index in [1.54, 1.807) is 11.3 Å². The van der Waals surface area contributed by atoms with E-state index in [0.29, 0.717) is 6.42 Å². The van der Waals surface area contributed by atoms with Gasteiger partial charge < -0.3 is 9.84 Å². The van der Waals surface area contributed by atoms with Crippen LogP contribution in [0.3, 0.4) is 0 Å². The summed E-state index contributed by atoms with van der Waals surface area (Å²) in [6.45, 7) is 2.86. The quantitative estimate of drug-likeness (QED) is 0.602. The topological polar surface area (TPSA) is 49.8 Å². The Morgan fingerprint density at radius 2 is 1.89 bits per heavy atom. The van der Waals surface area contributed by atoms with Gasteiger partial charge in [-0.15, -0.1) is 11.3 Å². The fourth-order valence-electron chi connectivity index (χ4n) is 3.86. The molecule has 0 saturated carbocycles. The van der Waals surface area contributed by atoms with Gasteiger partial charge >= 0.3 is 5.97 Å². The number of thiophene rings is 1. The molecule has 1 fully saturated rings. The molecule has 2 aromatic carbocycles. The zero-order chi connectivity index (χ0) is 19.5. The van der Waals surface area contributed by atoms with Gasteiger partial charge in [0.15, 0.2) is 0 Å². The molecule has 0 radical (unpaired) electrons. The number of benzene rings is 2. The van der Waals surface area contributed by atoms with Crippen molar-refractivity contribution >= 4 is 17.3 Å². The maximum absolute atomic E-state index is 11.8. The van der Waals surface area contributed by atoms with Crippen LogP contribution in [0.5, 0.6) is 11.5 Å². The van der Waals surface area contributed by atoms with E-state index >= 15 is 0 Å². The zero-order valence-corrected chi connectivity index (χ0v) is 16.6. The Kier molecular flexibility index (Phi) is 5.46. The van der Waals surface area contributed by atoms with E-state index in [4.69, 9.17) is 4.74 Å². The molecule has 1 aliphatic rings. The number of para-hydroxylation sites is 1. The Morgan fingerprint density at radius 3 is 2.61 bits per heavy atom. The number of rotatable bonds is 6. The molecule has 1 saturated heterocycles. The van der Waals surface area contributed by atoms with E-state index in [9.17, 15) is 9.90 Å². The summed E-state index contributed by atoms with van der Waals surface area (Å²) in [6, 6.07) is 21.4. The number of aliphatic carboxylic acids is 1. The Labute approximate surface area is 169 Å². The third-order valence-electron chi connectivity index (χ3n) is 5.09. The third-order valence-corrected chi connectivity index (χ3v) is 6.15. The first-order valence-electron chi connectivity index (χ1n) is 9.49. The van der Waals surface area contributed by atoms with Gasteiger partial charge in [0.2, 0.25) is 0 Å². The third kappa shape index (κ3) is 3.96. The van der Waals surface area contributed by atoms with Crippen molar-refractivity contribution in [3.63, 3.8) is 0 Å². The molecule has 0 aliphatic carbocycles. The minimum absolute atomic E-state index is 0.0818. The molecule has 1 N–H and O–H groups in total. The summed E-state index contributed by atoms with van der Waals surface area (Å²) in [6.07, 6.45) is 1.59. The number of carboxylic acids is 1. The number of carbonyl (C=O) groups is 1. The number of hydrogen-bond donors (Lipinski definition) is 1. The van der Waals surface area contributed by atoms with Crippen LogP contribution in [0.15, 0.2) is 66.7 Å². The van der Waals surface area contributed by atoms with Crippen molar-refractivity contribution in [3.05, 3.63) is 82.0 Å². The first-order chi connectivity index (χ1) is 13.6. The van der Waals surface area contributed by atoms with Gasteiger partial charge in [-0.2, -0.15) is 0 Å². The van der Waals surface area contributed by atoms with E-state index in [0.717, 1.165) is 30.0 Å². The second-order valence-electron chi connectivity index (χ2n) is 7.07. The fourth-order valence-corrected chi connectivity index (χ4v) is 4.88. The van der Waals surface area contributed by atoms with Crippen LogP contribution in [0.2, 0.25) is 0 Å². The van der Waals surface area contributed by atoms with Gasteiger partial charge in [0.05, 0.1) is 6.04 Å². The molecule has 2 heterocycles. The van der Waals surface area contributed by atoms with E-state index in [1.807, 2.05) is 48.5 Å². The van der Waals surface area contributed by atoms with Crippen molar-refractivity contribution in [2.75, 3.05) is 6.54 Å². The predicted octanol–water partition coefficient (Wildman–Crippen LogP) is 5.49. The van der Waals surface area contributed by atoms with Crippen LogP contribution in [0, 0.1) is 6.92 Å². The summed E-state index contributed by atoms with van der Waals surface area (Å²) in [7, 11) is 0. The highest BCUT2D eigenvalue weighted by atomic mass is 32.1. The Bertz CT molecular complexity index is 953. The summed E-state index contributed by atoms with van der Waals surface area (Å²) in [5.74, 6) is 0.799. The van der Waals surface area contributed by atoms with Crippen molar-refractivity contribution < 1.29 is 14.6 Å². The highest BCUT2D eigenvalue weighted by Crippen LogP contribution is 2.39. The monoisotopic (exact) mass is 393 g/mol. The van der Waals surface area contributed by atoms with E-state index in [-0.39, 0.29) is 6.04 Å². The van der Waals surface area contributed by atoms with Crippen LogP contribution >= 0.6 is 11.3 Å². The molecular formula is C23H23NO3S. The minimum atomic E-state index is -0.743. The summed E-state index contributed by atoms with van der Waals surface area (Å²) in [5.41, 5.74) is 1.06. The summed E-state index contributed by atoms with van der Waals surface area (Å²) >= 11 is 1.73. The van der Waals surface area contributed by atoms with Crippen LogP contribution in [-0.2, 0) is 4.79 Å². The van der Waals surface area contributed by atoms with Gasteiger partial charge in [0.1, 0.15) is 17.5 Å². The molecule has 0 spiro atoms. The summed E-state index contributed by atoms with van der Waals surface area (Å²) < 4.78 is 6.02. The van der Waals surface area contributed by atoms with Crippen molar-refractivity contribution in [1.82, 2.24) is 4.90 Å². The molecule has 3 aromatic rings. The van der Waals surface area contributed by atoms with E-state index in [2.05, 4.69) is 30.0 Å². The second-order valence-corrected chi connectivity index (χ2v) is 8.39. The first-order valence-corrected chi connectivity index (χ1v) is 10.3. The van der Waals surface area contributed by atoms with Crippen LogP contribution < -0.4 is 4.74 Å². The lowest BCUT2D eigenvalue weighted by Gasteiger charge is -2.31. The number of aryl methyl sites for hydroxylation is 1. The van der Waals surface area contributed by atoms with Crippen LogP contribution in [0.25, 0.3) is 0 Å². The normalized spacial score (nSPS) is 18.1. The Hall–Kier alpha value is -2.63. The standard InChI is InChI=1S/C23H23NO3S/c1-16-12-13-21(28-16)22(24-14-6-11-20(24)23(25)26)17-7-5-10-19(15-17)27-18-8-3-2-4-9-18/h2-5,7-10,12-13,15,20,22H,6,11,14H2,1H3,(H,25,26). The molecule has 144 valence electrons. The SMILES string of the molecule is Cc1ccc(C(c2cccc(Oc3ccccc3)c2)N2CCCC2C(=O)O)s1. The van der Waals surface area contributed by atoms with E-state index < -0.39 is 12.0 Å². The van der Waals surface area contributed by atoms with Crippen molar-refractivity contribution in [1.29, 1.82) is 0 Å². The number of hydrogen-bond acceptors (Lipinski definition) is 4. The van der Waals surface area contributed by atoms with Gasteiger partial charge in [-0.1, -0.05) is 30.3 Å². The minimum Gasteiger partial charge on any atom is -0.480 e. The molecule has 0 amide bonds. The average Bonchev–Trinajstić information content (AvgIpc) is 3.33. The van der Waals surface area contributed by atoms with Gasteiger partial charge in [0.25, 0.3) is 0 Å². The fraction of sp³-hybridized carbons (Fsp3) is 0.261. The Balaban J connectivity index is 1.70. The van der Waals surface area contributed by atoms with Gasteiger partial charge in [-0.25, -0.2) is 0 Å². The van der Waals surface area contributed by atoms with Gasteiger partial charge in [0, 0.05) is 16.3 Å². The van der Waals surface area contributed by atoms with Gasteiger partial charge in [-0.05, 0) is 61.7 Å². The highest BCUT2D eigenvalue weighted by Gasteiger charge is 2.37. The second kappa shape index (κ2) is 8.17. The van der Waals surface area contributed by atoms with E-state index in [1.165, 1.54) is 9.75 Å². The van der Waals surface area contributed by atoms with Crippen molar-refractivity contribution in [2.45, 2.75) is 31.8 Å².